The quantitative estimate of drug-likeness (QED) is 0.903. The number of nitriles is 1. The predicted octanol–water partition coefficient (Wildman–Crippen LogP) is 3.32. The predicted molar refractivity (Wildman–Crippen MR) is 76.6 cm³/mol. The van der Waals surface area contributed by atoms with Crippen LogP contribution in [0.2, 0.25) is 0 Å². The van der Waals surface area contributed by atoms with Gasteiger partial charge in [0.25, 0.3) is 0 Å². The Kier molecular flexibility index (Phi) is 4.19. The molecule has 0 spiro atoms. The molecule has 4 nitrogen and oxygen atoms in total. The fourth-order valence-electron chi connectivity index (χ4n) is 2.00. The molecule has 2 aromatic rings. The van der Waals surface area contributed by atoms with Gasteiger partial charge in [-0.2, -0.15) is 5.26 Å². The topological polar surface area (TPSA) is 73.1 Å². The largest absolute Gasteiger partial charge is 0.478 e. The van der Waals surface area contributed by atoms with Crippen molar-refractivity contribution in [1.82, 2.24) is 0 Å². The van der Waals surface area contributed by atoms with Crippen molar-refractivity contribution < 1.29 is 14.3 Å². The van der Waals surface area contributed by atoms with Crippen LogP contribution >= 0.6 is 0 Å². The van der Waals surface area contributed by atoms with Gasteiger partial charge in [0.1, 0.15) is 11.9 Å². The van der Waals surface area contributed by atoms with Gasteiger partial charge in [-0.25, -0.2) is 9.18 Å². The molecular weight excluding hydrogens is 271 g/mol. The van der Waals surface area contributed by atoms with Crippen LogP contribution in [0.25, 0.3) is 0 Å². The number of aromatic carboxylic acids is 1. The lowest BCUT2D eigenvalue weighted by Crippen LogP contribution is -2.05. The van der Waals surface area contributed by atoms with Gasteiger partial charge in [-0.15, -0.1) is 0 Å². The molecule has 0 aliphatic rings. The van der Waals surface area contributed by atoms with E-state index in [0.29, 0.717) is 23.4 Å². The molecule has 21 heavy (non-hydrogen) atoms. The lowest BCUT2D eigenvalue weighted by Gasteiger charge is -2.10. The van der Waals surface area contributed by atoms with E-state index in [1.165, 1.54) is 12.1 Å². The van der Waals surface area contributed by atoms with Crippen molar-refractivity contribution in [3.05, 3.63) is 64.5 Å². The summed E-state index contributed by atoms with van der Waals surface area (Å²) >= 11 is 0. The molecule has 0 bridgehead atoms. The third-order valence-electron chi connectivity index (χ3n) is 3.13. The molecule has 106 valence electrons. The Bertz CT molecular complexity index is 736. The molecule has 0 heterocycles. The van der Waals surface area contributed by atoms with E-state index in [9.17, 15) is 9.18 Å². The zero-order valence-corrected chi connectivity index (χ0v) is 11.4. The highest BCUT2D eigenvalue weighted by molar-refractivity contribution is 5.87. The maximum absolute atomic E-state index is 13.6. The summed E-state index contributed by atoms with van der Waals surface area (Å²) in [6.45, 7) is 2.14. The van der Waals surface area contributed by atoms with E-state index >= 15 is 0 Å². The van der Waals surface area contributed by atoms with Gasteiger partial charge >= 0.3 is 5.97 Å². The molecule has 0 aliphatic heterocycles. The summed E-state index contributed by atoms with van der Waals surface area (Å²) in [4.78, 5) is 10.7. The van der Waals surface area contributed by atoms with Crippen molar-refractivity contribution in [2.45, 2.75) is 13.5 Å². The van der Waals surface area contributed by atoms with Crippen LogP contribution in [-0.2, 0) is 6.54 Å². The van der Waals surface area contributed by atoms with Gasteiger partial charge in [-0.1, -0.05) is 18.2 Å². The second-order valence-corrected chi connectivity index (χ2v) is 4.58. The van der Waals surface area contributed by atoms with Crippen molar-refractivity contribution in [2.75, 3.05) is 5.32 Å². The van der Waals surface area contributed by atoms with Crippen LogP contribution in [0.5, 0.6) is 0 Å². The Morgan fingerprint density at radius 3 is 2.76 bits per heavy atom. The van der Waals surface area contributed by atoms with Gasteiger partial charge in [0.15, 0.2) is 0 Å². The summed E-state index contributed by atoms with van der Waals surface area (Å²) in [5.74, 6) is -2.07. The monoisotopic (exact) mass is 284 g/mol. The average molecular weight is 284 g/mol. The van der Waals surface area contributed by atoms with Gasteiger partial charge in [-0.3, -0.25) is 0 Å². The van der Waals surface area contributed by atoms with Crippen LogP contribution in [0.1, 0.15) is 27.0 Å². The third-order valence-corrected chi connectivity index (χ3v) is 3.13. The van der Waals surface area contributed by atoms with Crippen LogP contribution in [0.3, 0.4) is 0 Å². The minimum atomic E-state index is -1.29. The second kappa shape index (κ2) is 6.06. The molecule has 0 fully saturated rings. The summed E-state index contributed by atoms with van der Waals surface area (Å²) in [5.41, 5.74) is 2.31. The number of anilines is 1. The SMILES string of the molecule is Cc1cccc(NCc2ccc(C(=O)O)c(F)c2)c1C#N. The molecule has 2 rings (SSSR count). The highest BCUT2D eigenvalue weighted by Crippen LogP contribution is 2.19. The number of carbonyl (C=O) groups is 1. The number of nitrogens with zero attached hydrogens (tertiary/aromatic N) is 1. The molecule has 0 amide bonds. The number of nitrogens with one attached hydrogen (secondary N) is 1. The second-order valence-electron chi connectivity index (χ2n) is 4.58. The lowest BCUT2D eigenvalue weighted by molar-refractivity contribution is 0.0692. The van der Waals surface area contributed by atoms with Crippen LogP contribution in [0, 0.1) is 24.1 Å². The van der Waals surface area contributed by atoms with Gasteiger partial charge < -0.3 is 10.4 Å². The Balaban J connectivity index is 2.18. The van der Waals surface area contributed by atoms with Crippen LogP contribution < -0.4 is 5.32 Å². The molecular formula is C16H13FN2O2. The first-order valence-electron chi connectivity index (χ1n) is 6.28. The molecule has 0 aliphatic carbocycles. The summed E-state index contributed by atoms with van der Waals surface area (Å²) in [7, 11) is 0. The summed E-state index contributed by atoms with van der Waals surface area (Å²) in [6, 6.07) is 11.5. The first kappa shape index (κ1) is 14.5. The van der Waals surface area contributed by atoms with Gasteiger partial charge in [0.2, 0.25) is 0 Å². The molecule has 0 saturated carbocycles. The number of carboxylic acid groups (broad SMARTS) is 1. The maximum Gasteiger partial charge on any atom is 0.338 e. The minimum absolute atomic E-state index is 0.301. The number of hydrogen-bond acceptors (Lipinski definition) is 3. The van der Waals surface area contributed by atoms with Crippen LogP contribution in [0.15, 0.2) is 36.4 Å². The molecule has 5 heteroatoms. The number of aryl methyl sites for hydroxylation is 1. The smallest absolute Gasteiger partial charge is 0.338 e. The Hall–Kier alpha value is -2.87. The van der Waals surface area contributed by atoms with Crippen molar-refractivity contribution >= 4 is 11.7 Å². The first-order chi connectivity index (χ1) is 10.0. The normalized spacial score (nSPS) is 9.95. The van der Waals surface area contributed by atoms with E-state index in [2.05, 4.69) is 11.4 Å². The van der Waals surface area contributed by atoms with Crippen molar-refractivity contribution in [3.63, 3.8) is 0 Å². The molecule has 2 N–H and O–H groups in total. The number of hydrogen-bond donors (Lipinski definition) is 2. The fourth-order valence-corrected chi connectivity index (χ4v) is 2.00. The summed E-state index contributed by atoms with van der Waals surface area (Å²) in [6.07, 6.45) is 0. The highest BCUT2D eigenvalue weighted by atomic mass is 19.1. The van der Waals surface area contributed by atoms with E-state index in [1.807, 2.05) is 19.1 Å². The summed E-state index contributed by atoms with van der Waals surface area (Å²) in [5, 5.41) is 21.0. The number of benzene rings is 2. The molecule has 0 unspecified atom stereocenters. The molecule has 0 radical (unpaired) electrons. The Labute approximate surface area is 121 Å². The fraction of sp³-hybridized carbons (Fsp3) is 0.125. The zero-order valence-electron chi connectivity index (χ0n) is 11.4. The van der Waals surface area contributed by atoms with Gasteiger partial charge in [0, 0.05) is 6.54 Å². The van der Waals surface area contributed by atoms with E-state index < -0.39 is 11.8 Å². The maximum atomic E-state index is 13.6. The van der Waals surface area contributed by atoms with E-state index in [-0.39, 0.29) is 5.56 Å². The molecule has 0 aromatic heterocycles. The average Bonchev–Trinajstić information content (AvgIpc) is 2.44. The van der Waals surface area contributed by atoms with Gasteiger partial charge in [-0.05, 0) is 36.2 Å². The Morgan fingerprint density at radius 2 is 2.14 bits per heavy atom. The zero-order chi connectivity index (χ0) is 15.4. The third kappa shape index (κ3) is 3.18. The van der Waals surface area contributed by atoms with Crippen LogP contribution in [0.4, 0.5) is 10.1 Å². The van der Waals surface area contributed by atoms with E-state index in [4.69, 9.17) is 10.4 Å². The summed E-state index contributed by atoms with van der Waals surface area (Å²) < 4.78 is 13.6. The first-order valence-corrected chi connectivity index (χ1v) is 6.28. The van der Waals surface area contributed by atoms with Crippen molar-refractivity contribution in [1.29, 1.82) is 5.26 Å². The lowest BCUT2D eigenvalue weighted by atomic mass is 10.1. The number of carboxylic acids is 1. The molecule has 0 atom stereocenters. The number of rotatable bonds is 4. The standard InChI is InChI=1S/C16H13FN2O2/c1-10-3-2-4-15(13(10)8-18)19-9-11-5-6-12(16(20)21)14(17)7-11/h2-7,19H,9H2,1H3,(H,20,21). The molecule has 0 saturated heterocycles. The van der Waals surface area contributed by atoms with Gasteiger partial charge in [0.05, 0.1) is 16.8 Å². The Morgan fingerprint density at radius 1 is 1.38 bits per heavy atom. The molecule has 2 aromatic carbocycles. The van der Waals surface area contributed by atoms with Crippen molar-refractivity contribution in [3.8, 4) is 6.07 Å². The van der Waals surface area contributed by atoms with Crippen LogP contribution in [-0.4, -0.2) is 11.1 Å². The van der Waals surface area contributed by atoms with Crippen molar-refractivity contribution in [2.24, 2.45) is 0 Å². The van der Waals surface area contributed by atoms with E-state index in [0.717, 1.165) is 5.56 Å². The minimum Gasteiger partial charge on any atom is -0.478 e. The highest BCUT2D eigenvalue weighted by Gasteiger charge is 2.10. The number of halogens is 1. The van der Waals surface area contributed by atoms with E-state index in [1.54, 1.807) is 12.1 Å².